The van der Waals surface area contributed by atoms with Crippen molar-refractivity contribution in [3.05, 3.63) is 0 Å². The first-order valence-corrected chi connectivity index (χ1v) is 4.87. The van der Waals surface area contributed by atoms with E-state index >= 15 is 0 Å². The average molecular weight is 211 g/mol. The molecule has 0 amide bonds. The van der Waals surface area contributed by atoms with Crippen molar-refractivity contribution in [1.29, 1.82) is 0 Å². The Kier molecular flexibility index (Phi) is 4.19. The van der Waals surface area contributed by atoms with Gasteiger partial charge in [0.2, 0.25) is 0 Å². The summed E-state index contributed by atoms with van der Waals surface area (Å²) in [6.45, 7) is 1.37. The SMILES string of the molecule is NC(CCC(F)(F)F)CC1CCOC1. The van der Waals surface area contributed by atoms with Gasteiger partial charge in [0.25, 0.3) is 0 Å². The number of nitrogens with two attached hydrogens (primary N) is 1. The number of hydrogen-bond donors (Lipinski definition) is 1. The molecule has 0 saturated carbocycles. The van der Waals surface area contributed by atoms with Crippen molar-refractivity contribution in [3.8, 4) is 0 Å². The third kappa shape index (κ3) is 4.81. The zero-order chi connectivity index (χ0) is 10.6. The summed E-state index contributed by atoms with van der Waals surface area (Å²) in [4.78, 5) is 0. The highest BCUT2D eigenvalue weighted by Gasteiger charge is 2.28. The van der Waals surface area contributed by atoms with Crippen molar-refractivity contribution >= 4 is 0 Å². The van der Waals surface area contributed by atoms with Gasteiger partial charge in [-0.05, 0) is 25.2 Å². The molecular weight excluding hydrogens is 195 g/mol. The van der Waals surface area contributed by atoms with Gasteiger partial charge in [-0.15, -0.1) is 0 Å². The van der Waals surface area contributed by atoms with Crippen LogP contribution < -0.4 is 5.73 Å². The summed E-state index contributed by atoms with van der Waals surface area (Å²) in [6.07, 6.45) is -3.25. The van der Waals surface area contributed by atoms with Crippen molar-refractivity contribution in [2.45, 2.75) is 37.9 Å². The monoisotopic (exact) mass is 211 g/mol. The largest absolute Gasteiger partial charge is 0.389 e. The fourth-order valence-electron chi connectivity index (χ4n) is 1.66. The van der Waals surface area contributed by atoms with Crippen LogP contribution in [0.3, 0.4) is 0 Å². The Hall–Kier alpha value is -0.290. The first kappa shape index (κ1) is 11.8. The van der Waals surface area contributed by atoms with Gasteiger partial charge < -0.3 is 10.5 Å². The van der Waals surface area contributed by atoms with Crippen molar-refractivity contribution in [3.63, 3.8) is 0 Å². The first-order valence-electron chi connectivity index (χ1n) is 4.87. The Morgan fingerprint density at radius 3 is 2.64 bits per heavy atom. The van der Waals surface area contributed by atoms with Gasteiger partial charge >= 0.3 is 6.18 Å². The Morgan fingerprint density at radius 2 is 2.14 bits per heavy atom. The Morgan fingerprint density at radius 1 is 1.43 bits per heavy atom. The van der Waals surface area contributed by atoms with Crippen LogP contribution >= 0.6 is 0 Å². The average Bonchev–Trinajstić information content (AvgIpc) is 2.52. The molecule has 0 aromatic rings. The van der Waals surface area contributed by atoms with Crippen molar-refractivity contribution in [2.75, 3.05) is 13.2 Å². The number of alkyl halides is 3. The van der Waals surface area contributed by atoms with Crippen LogP contribution in [0.4, 0.5) is 13.2 Å². The van der Waals surface area contributed by atoms with E-state index in [0.29, 0.717) is 18.9 Å². The highest BCUT2D eigenvalue weighted by Crippen LogP contribution is 2.24. The first-order chi connectivity index (χ1) is 6.47. The van der Waals surface area contributed by atoms with E-state index in [1.54, 1.807) is 0 Å². The number of hydrogen-bond acceptors (Lipinski definition) is 2. The van der Waals surface area contributed by atoms with Gasteiger partial charge in [-0.1, -0.05) is 0 Å². The van der Waals surface area contributed by atoms with Gasteiger partial charge in [0, 0.05) is 25.7 Å². The summed E-state index contributed by atoms with van der Waals surface area (Å²) in [6, 6.07) is -0.344. The molecule has 1 fully saturated rings. The van der Waals surface area contributed by atoms with Gasteiger partial charge in [-0.3, -0.25) is 0 Å². The summed E-state index contributed by atoms with van der Waals surface area (Å²) in [5.74, 6) is 0.359. The van der Waals surface area contributed by atoms with Crippen LogP contribution in [0.2, 0.25) is 0 Å². The maximum absolute atomic E-state index is 11.8. The molecular formula is C9H16F3NO. The lowest BCUT2D eigenvalue weighted by atomic mass is 9.97. The molecule has 0 radical (unpaired) electrons. The van der Waals surface area contributed by atoms with Gasteiger partial charge in [0.05, 0.1) is 0 Å². The number of rotatable bonds is 4. The smallest absolute Gasteiger partial charge is 0.381 e. The lowest BCUT2D eigenvalue weighted by Gasteiger charge is -2.16. The third-order valence-corrected chi connectivity index (χ3v) is 2.46. The fourth-order valence-corrected chi connectivity index (χ4v) is 1.66. The van der Waals surface area contributed by atoms with Gasteiger partial charge in [0.1, 0.15) is 0 Å². The highest BCUT2D eigenvalue weighted by molar-refractivity contribution is 4.72. The van der Waals surface area contributed by atoms with Crippen molar-refractivity contribution in [2.24, 2.45) is 11.7 Å². The van der Waals surface area contributed by atoms with E-state index in [1.165, 1.54) is 0 Å². The van der Waals surface area contributed by atoms with Crippen molar-refractivity contribution in [1.82, 2.24) is 0 Å². The van der Waals surface area contributed by atoms with E-state index in [1.807, 2.05) is 0 Å². The molecule has 0 aromatic heterocycles. The zero-order valence-electron chi connectivity index (χ0n) is 8.02. The van der Waals surface area contributed by atoms with Crippen LogP contribution in [0.5, 0.6) is 0 Å². The fraction of sp³-hybridized carbons (Fsp3) is 1.00. The van der Waals surface area contributed by atoms with Crippen LogP contribution in [-0.4, -0.2) is 25.4 Å². The Labute approximate surface area is 81.6 Å². The molecule has 5 heteroatoms. The topological polar surface area (TPSA) is 35.2 Å². The van der Waals surface area contributed by atoms with Gasteiger partial charge in [-0.25, -0.2) is 0 Å². The van der Waals surface area contributed by atoms with Crippen LogP contribution in [0.1, 0.15) is 25.7 Å². The molecule has 0 bridgehead atoms. The molecule has 0 spiro atoms. The standard InChI is InChI=1S/C9H16F3NO/c10-9(11,12)3-1-8(13)5-7-2-4-14-6-7/h7-8H,1-6,13H2. The summed E-state index contributed by atoms with van der Waals surface area (Å²) >= 11 is 0. The van der Waals surface area contributed by atoms with Crippen molar-refractivity contribution < 1.29 is 17.9 Å². The summed E-state index contributed by atoms with van der Waals surface area (Å²) in [5, 5.41) is 0. The molecule has 1 saturated heterocycles. The van der Waals surface area contributed by atoms with E-state index in [9.17, 15) is 13.2 Å². The minimum Gasteiger partial charge on any atom is -0.381 e. The summed E-state index contributed by atoms with van der Waals surface area (Å²) in [5.41, 5.74) is 5.61. The van der Waals surface area contributed by atoms with E-state index in [-0.39, 0.29) is 12.5 Å². The normalized spacial score (nSPS) is 25.3. The predicted molar refractivity (Wildman–Crippen MR) is 46.8 cm³/mol. The second kappa shape index (κ2) is 4.98. The molecule has 1 heterocycles. The lowest BCUT2D eigenvalue weighted by molar-refractivity contribution is -0.136. The lowest BCUT2D eigenvalue weighted by Crippen LogP contribution is -2.26. The molecule has 2 unspecified atom stereocenters. The Balaban J connectivity index is 2.12. The van der Waals surface area contributed by atoms with E-state index in [0.717, 1.165) is 13.0 Å². The van der Waals surface area contributed by atoms with Crippen LogP contribution in [0, 0.1) is 5.92 Å². The predicted octanol–water partition coefficient (Wildman–Crippen LogP) is 2.08. The molecule has 1 rings (SSSR count). The van der Waals surface area contributed by atoms with Crippen LogP contribution in [0.15, 0.2) is 0 Å². The molecule has 84 valence electrons. The number of ether oxygens (including phenoxy) is 1. The highest BCUT2D eigenvalue weighted by atomic mass is 19.4. The van der Waals surface area contributed by atoms with E-state index in [2.05, 4.69) is 0 Å². The maximum Gasteiger partial charge on any atom is 0.389 e. The molecule has 14 heavy (non-hydrogen) atoms. The molecule has 0 aliphatic carbocycles. The second-order valence-corrected chi connectivity index (χ2v) is 3.88. The minimum absolute atomic E-state index is 0.0278. The molecule has 1 aliphatic heterocycles. The minimum atomic E-state index is -4.08. The molecule has 2 atom stereocenters. The third-order valence-electron chi connectivity index (χ3n) is 2.46. The van der Waals surface area contributed by atoms with E-state index < -0.39 is 12.6 Å². The van der Waals surface area contributed by atoms with Crippen LogP contribution in [0.25, 0.3) is 0 Å². The van der Waals surface area contributed by atoms with Gasteiger partial charge in [0.15, 0.2) is 0 Å². The molecule has 2 N–H and O–H groups in total. The molecule has 2 nitrogen and oxygen atoms in total. The summed E-state index contributed by atoms with van der Waals surface area (Å²) in [7, 11) is 0. The van der Waals surface area contributed by atoms with Crippen LogP contribution in [-0.2, 0) is 4.74 Å². The van der Waals surface area contributed by atoms with Gasteiger partial charge in [-0.2, -0.15) is 13.2 Å². The zero-order valence-corrected chi connectivity index (χ0v) is 8.02. The van der Waals surface area contributed by atoms with E-state index in [4.69, 9.17) is 10.5 Å². The quantitative estimate of drug-likeness (QED) is 0.772. The Bertz CT molecular complexity index is 166. The maximum atomic E-state index is 11.8. The molecule has 1 aliphatic rings. The number of halogens is 3. The summed E-state index contributed by atoms with van der Waals surface area (Å²) < 4.78 is 40.7. The molecule has 0 aromatic carbocycles. The second-order valence-electron chi connectivity index (χ2n) is 3.88.